The second-order valence-corrected chi connectivity index (χ2v) is 8.23. The highest BCUT2D eigenvalue weighted by Crippen LogP contribution is 2.36. The van der Waals surface area contributed by atoms with Gasteiger partial charge in [-0.2, -0.15) is 0 Å². The van der Waals surface area contributed by atoms with Crippen molar-refractivity contribution in [2.75, 3.05) is 6.54 Å². The van der Waals surface area contributed by atoms with E-state index in [-0.39, 0.29) is 12.5 Å². The standard InChI is InChI=1S/C24H29N3O4/c1-17(2)20(21(25)28)26-22(29)24(15-18-9-5-3-6-10-18)13-14-27(24)23(30)31-16-19-11-7-4-8-12-19/h3-12,17,20H,13-16H2,1-2H3,(H2,25,28)(H,26,29)/t20-,24-/m0/s1. The molecular weight excluding hydrogens is 394 g/mol. The number of likely N-dealkylation sites (tertiary alicyclic amines) is 1. The van der Waals surface area contributed by atoms with Crippen LogP contribution >= 0.6 is 0 Å². The van der Waals surface area contributed by atoms with Crippen molar-refractivity contribution < 1.29 is 19.1 Å². The minimum Gasteiger partial charge on any atom is -0.445 e. The normalized spacial score (nSPS) is 18.7. The minimum atomic E-state index is -1.13. The summed E-state index contributed by atoms with van der Waals surface area (Å²) in [7, 11) is 0. The zero-order valence-corrected chi connectivity index (χ0v) is 17.9. The monoisotopic (exact) mass is 423 g/mol. The number of hydrogen-bond acceptors (Lipinski definition) is 4. The molecule has 0 aliphatic carbocycles. The zero-order chi connectivity index (χ0) is 22.4. The number of nitrogens with zero attached hydrogens (tertiary/aromatic N) is 1. The van der Waals surface area contributed by atoms with Crippen molar-refractivity contribution >= 4 is 17.9 Å². The largest absolute Gasteiger partial charge is 0.445 e. The van der Waals surface area contributed by atoms with Crippen LogP contribution in [0.1, 0.15) is 31.4 Å². The number of rotatable bonds is 8. The summed E-state index contributed by atoms with van der Waals surface area (Å²) in [4.78, 5) is 39.6. The molecule has 0 unspecified atom stereocenters. The summed E-state index contributed by atoms with van der Waals surface area (Å²) in [5.74, 6) is -1.17. The fourth-order valence-corrected chi connectivity index (χ4v) is 3.83. The molecule has 1 fully saturated rings. The fraction of sp³-hybridized carbons (Fsp3) is 0.375. The molecule has 0 aromatic heterocycles. The first-order chi connectivity index (χ1) is 14.8. The highest BCUT2D eigenvalue weighted by atomic mass is 16.6. The Labute approximate surface area is 182 Å². The van der Waals surface area contributed by atoms with Gasteiger partial charge >= 0.3 is 6.09 Å². The second kappa shape index (κ2) is 9.64. The van der Waals surface area contributed by atoms with E-state index in [9.17, 15) is 14.4 Å². The van der Waals surface area contributed by atoms with Crippen molar-refractivity contribution in [2.24, 2.45) is 11.7 Å². The van der Waals surface area contributed by atoms with E-state index in [4.69, 9.17) is 10.5 Å². The average Bonchev–Trinajstić information content (AvgIpc) is 2.74. The number of nitrogens with one attached hydrogen (secondary N) is 1. The van der Waals surface area contributed by atoms with Crippen molar-refractivity contribution in [3.05, 3.63) is 71.8 Å². The van der Waals surface area contributed by atoms with E-state index in [0.29, 0.717) is 19.4 Å². The summed E-state index contributed by atoms with van der Waals surface area (Å²) in [6.45, 7) is 4.14. The van der Waals surface area contributed by atoms with Gasteiger partial charge in [0, 0.05) is 13.0 Å². The number of hydrogen-bond donors (Lipinski definition) is 2. The molecular formula is C24H29N3O4. The quantitative estimate of drug-likeness (QED) is 0.681. The minimum absolute atomic E-state index is 0.120. The van der Waals surface area contributed by atoms with Gasteiger partial charge < -0.3 is 15.8 Å². The number of carbonyl (C=O) groups excluding carboxylic acids is 3. The van der Waals surface area contributed by atoms with E-state index in [0.717, 1.165) is 11.1 Å². The van der Waals surface area contributed by atoms with Crippen molar-refractivity contribution in [1.82, 2.24) is 10.2 Å². The lowest BCUT2D eigenvalue weighted by atomic mass is 9.78. The Balaban J connectivity index is 1.81. The van der Waals surface area contributed by atoms with E-state index in [1.54, 1.807) is 0 Å². The third-order valence-corrected chi connectivity index (χ3v) is 5.71. The molecule has 3 rings (SSSR count). The van der Waals surface area contributed by atoms with E-state index in [1.807, 2.05) is 74.5 Å². The van der Waals surface area contributed by atoms with Crippen molar-refractivity contribution in [2.45, 2.75) is 44.9 Å². The zero-order valence-electron chi connectivity index (χ0n) is 17.9. The Hall–Kier alpha value is -3.35. The first-order valence-corrected chi connectivity index (χ1v) is 10.5. The molecule has 2 atom stereocenters. The number of nitrogens with two attached hydrogens (primary N) is 1. The van der Waals surface area contributed by atoms with Crippen molar-refractivity contribution in [3.63, 3.8) is 0 Å². The lowest BCUT2D eigenvalue weighted by Crippen LogP contribution is -2.71. The highest BCUT2D eigenvalue weighted by molar-refractivity contribution is 5.95. The topological polar surface area (TPSA) is 102 Å². The van der Waals surface area contributed by atoms with Gasteiger partial charge in [-0.3, -0.25) is 14.5 Å². The SMILES string of the molecule is CC(C)[C@H](NC(=O)[C@@]1(Cc2ccccc2)CCN1C(=O)OCc1ccccc1)C(N)=O. The van der Waals surface area contributed by atoms with Crippen LogP contribution in [0.3, 0.4) is 0 Å². The second-order valence-electron chi connectivity index (χ2n) is 8.23. The Morgan fingerprint density at radius 2 is 1.61 bits per heavy atom. The summed E-state index contributed by atoms with van der Waals surface area (Å²) >= 11 is 0. The maximum atomic E-state index is 13.4. The first kappa shape index (κ1) is 22.3. The molecule has 2 aromatic carbocycles. The maximum Gasteiger partial charge on any atom is 0.411 e. The smallest absolute Gasteiger partial charge is 0.411 e. The molecule has 2 aromatic rings. The molecule has 0 spiro atoms. The van der Waals surface area contributed by atoms with E-state index < -0.39 is 29.5 Å². The van der Waals surface area contributed by atoms with Crippen LogP contribution in [-0.4, -0.2) is 40.9 Å². The Kier molecular flexibility index (Phi) is 6.95. The van der Waals surface area contributed by atoms with Crippen molar-refractivity contribution in [1.29, 1.82) is 0 Å². The molecule has 164 valence electrons. The summed E-state index contributed by atoms with van der Waals surface area (Å²) in [5, 5.41) is 2.77. The number of amides is 3. The van der Waals surface area contributed by atoms with Crippen LogP contribution in [0.25, 0.3) is 0 Å². The third kappa shape index (κ3) is 5.05. The molecule has 1 aliphatic rings. The van der Waals surface area contributed by atoms with Crippen LogP contribution in [0.5, 0.6) is 0 Å². The molecule has 31 heavy (non-hydrogen) atoms. The van der Waals surface area contributed by atoms with Crippen LogP contribution in [0.4, 0.5) is 4.79 Å². The van der Waals surface area contributed by atoms with Gasteiger partial charge in [-0.1, -0.05) is 74.5 Å². The molecule has 7 nitrogen and oxygen atoms in total. The summed E-state index contributed by atoms with van der Waals surface area (Å²) < 4.78 is 5.49. The van der Waals surface area contributed by atoms with Gasteiger partial charge in [0.25, 0.3) is 0 Å². The lowest BCUT2D eigenvalue weighted by Gasteiger charge is -2.50. The van der Waals surface area contributed by atoms with Crippen LogP contribution in [0.15, 0.2) is 60.7 Å². The molecule has 1 saturated heterocycles. The molecule has 1 aliphatic heterocycles. The first-order valence-electron chi connectivity index (χ1n) is 10.5. The number of ether oxygens (including phenoxy) is 1. The number of benzene rings is 2. The summed E-state index contributed by atoms with van der Waals surface area (Å²) in [6, 6.07) is 18.0. The Morgan fingerprint density at radius 1 is 1.03 bits per heavy atom. The Bertz CT molecular complexity index is 917. The maximum absolute atomic E-state index is 13.4. The molecule has 7 heteroatoms. The molecule has 0 radical (unpaired) electrons. The van der Waals surface area contributed by atoms with Crippen molar-refractivity contribution in [3.8, 4) is 0 Å². The molecule has 0 bridgehead atoms. The van der Waals surface area contributed by atoms with Crippen LogP contribution < -0.4 is 11.1 Å². The van der Waals surface area contributed by atoms with Gasteiger partial charge in [0.05, 0.1) is 0 Å². The van der Waals surface area contributed by atoms with Gasteiger partial charge in [-0.05, 0) is 23.5 Å². The highest BCUT2D eigenvalue weighted by Gasteiger charge is 2.54. The number of primary amides is 1. The van der Waals surface area contributed by atoms with Gasteiger partial charge in [0.15, 0.2) is 0 Å². The van der Waals surface area contributed by atoms with Gasteiger partial charge in [-0.15, -0.1) is 0 Å². The van der Waals surface area contributed by atoms with Gasteiger partial charge in [0.2, 0.25) is 11.8 Å². The molecule has 1 heterocycles. The summed E-state index contributed by atoms with van der Waals surface area (Å²) in [5.41, 5.74) is 6.14. The van der Waals surface area contributed by atoms with Crippen LogP contribution in [-0.2, 0) is 27.4 Å². The van der Waals surface area contributed by atoms with E-state index in [2.05, 4.69) is 5.32 Å². The van der Waals surface area contributed by atoms with Gasteiger partial charge in [-0.25, -0.2) is 4.79 Å². The average molecular weight is 424 g/mol. The lowest BCUT2D eigenvalue weighted by molar-refractivity contribution is -0.143. The third-order valence-electron chi connectivity index (χ3n) is 5.71. The molecule has 3 amide bonds. The van der Waals surface area contributed by atoms with Crippen LogP contribution in [0.2, 0.25) is 0 Å². The molecule has 0 saturated carbocycles. The Morgan fingerprint density at radius 3 is 2.10 bits per heavy atom. The van der Waals surface area contributed by atoms with E-state index in [1.165, 1.54) is 4.90 Å². The summed E-state index contributed by atoms with van der Waals surface area (Å²) in [6.07, 6.45) is 0.239. The van der Waals surface area contributed by atoms with Crippen LogP contribution in [0, 0.1) is 5.92 Å². The number of carbonyl (C=O) groups is 3. The fourth-order valence-electron chi connectivity index (χ4n) is 3.83. The predicted octanol–water partition coefficient (Wildman–Crippen LogP) is 2.64. The molecule has 3 N–H and O–H groups in total. The van der Waals surface area contributed by atoms with E-state index >= 15 is 0 Å². The van der Waals surface area contributed by atoms with Gasteiger partial charge in [0.1, 0.15) is 18.2 Å². The predicted molar refractivity (Wildman–Crippen MR) is 117 cm³/mol.